The summed E-state index contributed by atoms with van der Waals surface area (Å²) < 4.78 is 13.3. The summed E-state index contributed by atoms with van der Waals surface area (Å²) in [4.78, 5) is 26.1. The van der Waals surface area contributed by atoms with Gasteiger partial charge in [-0.1, -0.05) is 11.8 Å². The normalized spacial score (nSPS) is 13.9. The Morgan fingerprint density at radius 3 is 2.69 bits per heavy atom. The summed E-state index contributed by atoms with van der Waals surface area (Å²) >= 11 is 0. The Morgan fingerprint density at radius 1 is 1.23 bits per heavy atom. The molecule has 0 amide bonds. The zero-order chi connectivity index (χ0) is 28.2. The molecule has 4 rings (SSSR count). The van der Waals surface area contributed by atoms with Crippen molar-refractivity contribution in [2.45, 2.75) is 91.3 Å². The van der Waals surface area contributed by atoms with E-state index in [2.05, 4.69) is 32.1 Å². The predicted octanol–water partition coefficient (Wildman–Crippen LogP) is 4.38. The minimum absolute atomic E-state index is 0.0714. The van der Waals surface area contributed by atoms with Crippen LogP contribution in [0.15, 0.2) is 12.4 Å². The number of hydrogen-bond acceptors (Lipinski definition) is 8. The van der Waals surface area contributed by atoms with E-state index >= 15 is 0 Å². The van der Waals surface area contributed by atoms with Crippen molar-refractivity contribution < 1.29 is 14.3 Å². The average Bonchev–Trinajstić information content (AvgIpc) is 3.51. The molecule has 9 nitrogen and oxygen atoms in total. The Balaban J connectivity index is 1.44. The van der Waals surface area contributed by atoms with Crippen LogP contribution in [0.25, 0.3) is 11.0 Å². The third-order valence-corrected chi connectivity index (χ3v) is 7.34. The van der Waals surface area contributed by atoms with Gasteiger partial charge in [-0.2, -0.15) is 4.98 Å². The highest BCUT2D eigenvalue weighted by atomic mass is 16.5. The Kier molecular flexibility index (Phi) is 8.76. The highest BCUT2D eigenvalue weighted by Gasteiger charge is 2.31. The van der Waals surface area contributed by atoms with Crippen LogP contribution in [0.2, 0.25) is 0 Å². The first kappa shape index (κ1) is 28.4. The lowest BCUT2D eigenvalue weighted by Gasteiger charge is -2.26. The van der Waals surface area contributed by atoms with Gasteiger partial charge in [-0.05, 0) is 73.3 Å². The summed E-state index contributed by atoms with van der Waals surface area (Å²) in [6.45, 7) is 10.8. The van der Waals surface area contributed by atoms with E-state index in [1.54, 1.807) is 7.11 Å². The molecule has 1 fully saturated rings. The monoisotopic (exact) mass is 532 g/mol. The van der Waals surface area contributed by atoms with Gasteiger partial charge in [0.2, 0.25) is 5.95 Å². The number of esters is 1. The van der Waals surface area contributed by atoms with Gasteiger partial charge in [0.25, 0.3) is 0 Å². The maximum absolute atomic E-state index is 12.6. The van der Waals surface area contributed by atoms with Gasteiger partial charge in [-0.15, -0.1) is 0 Å². The van der Waals surface area contributed by atoms with Crippen molar-refractivity contribution in [1.82, 2.24) is 24.8 Å². The van der Waals surface area contributed by atoms with Gasteiger partial charge in [-0.25, -0.2) is 4.98 Å². The van der Waals surface area contributed by atoms with Crippen molar-refractivity contribution in [3.63, 3.8) is 0 Å². The van der Waals surface area contributed by atoms with Crippen LogP contribution >= 0.6 is 0 Å². The summed E-state index contributed by atoms with van der Waals surface area (Å²) in [5, 5.41) is 4.22. The fourth-order valence-electron chi connectivity index (χ4n) is 5.10. The number of unbranched alkanes of at least 4 members (excludes halogenated alkanes) is 1. The van der Waals surface area contributed by atoms with E-state index in [1.807, 2.05) is 51.6 Å². The third kappa shape index (κ3) is 6.51. The maximum Gasteiger partial charge on any atom is 0.326 e. The SMILES string of the molecule is COc1c(C)cnc(Cn2cc(C#CCCCNC(C)(C)C(=O)OC3CCCC3)c3c(C)nc(N)nc32)c1C. The number of hydrogen-bond donors (Lipinski definition) is 2. The van der Waals surface area contributed by atoms with Crippen molar-refractivity contribution in [2.24, 2.45) is 0 Å². The van der Waals surface area contributed by atoms with Crippen LogP contribution in [-0.4, -0.2) is 50.8 Å². The lowest BCUT2D eigenvalue weighted by atomic mass is 10.1. The van der Waals surface area contributed by atoms with Crippen molar-refractivity contribution in [3.8, 4) is 17.6 Å². The molecule has 0 radical (unpaired) electrons. The Hall–Kier alpha value is -3.64. The van der Waals surface area contributed by atoms with Crippen LogP contribution in [0.5, 0.6) is 5.75 Å². The predicted molar refractivity (Wildman–Crippen MR) is 153 cm³/mol. The molecular formula is C30H40N6O3. The molecule has 0 aliphatic heterocycles. The summed E-state index contributed by atoms with van der Waals surface area (Å²) in [7, 11) is 1.67. The molecule has 3 heterocycles. The number of methoxy groups -OCH3 is 1. The van der Waals surface area contributed by atoms with E-state index in [9.17, 15) is 4.79 Å². The van der Waals surface area contributed by atoms with Crippen molar-refractivity contribution in [2.75, 3.05) is 19.4 Å². The summed E-state index contributed by atoms with van der Waals surface area (Å²) in [5.74, 6) is 7.48. The van der Waals surface area contributed by atoms with Gasteiger partial charge in [-0.3, -0.25) is 9.78 Å². The first-order valence-electron chi connectivity index (χ1n) is 13.7. The van der Waals surface area contributed by atoms with E-state index in [4.69, 9.17) is 15.2 Å². The standard InChI is InChI=1S/C30H40N6O3/c1-19-16-32-24(20(2)26(19)38-6)18-36-17-22(25-21(3)34-29(31)35-27(25)36)12-8-7-11-15-33-30(4,5)28(37)39-23-13-9-10-14-23/h16-17,23,33H,7,9-11,13-15,18H2,1-6H3,(H2,31,34,35). The number of anilines is 1. The fraction of sp³-hybridized carbons (Fsp3) is 0.533. The van der Waals surface area contributed by atoms with Crippen LogP contribution < -0.4 is 15.8 Å². The van der Waals surface area contributed by atoms with E-state index in [0.717, 1.165) is 77.0 Å². The van der Waals surface area contributed by atoms with Crippen LogP contribution in [0, 0.1) is 32.6 Å². The molecule has 0 saturated heterocycles. The van der Waals surface area contributed by atoms with Gasteiger partial charge in [0.1, 0.15) is 23.0 Å². The Bertz CT molecular complexity index is 1410. The molecule has 1 aliphatic rings. The number of nitrogen functional groups attached to an aromatic ring is 1. The van der Waals surface area contributed by atoms with Gasteiger partial charge in [0, 0.05) is 29.9 Å². The van der Waals surface area contributed by atoms with Gasteiger partial charge < -0.3 is 25.1 Å². The van der Waals surface area contributed by atoms with Crippen molar-refractivity contribution in [3.05, 3.63) is 40.5 Å². The number of nitrogens with zero attached hydrogens (tertiary/aromatic N) is 4. The number of rotatable bonds is 9. The molecule has 0 spiro atoms. The minimum atomic E-state index is -0.720. The van der Waals surface area contributed by atoms with E-state index in [1.165, 1.54) is 0 Å². The fourth-order valence-corrected chi connectivity index (χ4v) is 5.10. The summed E-state index contributed by atoms with van der Waals surface area (Å²) in [6, 6.07) is 0. The number of ether oxygens (including phenoxy) is 2. The highest BCUT2D eigenvalue weighted by molar-refractivity contribution is 5.86. The molecule has 9 heteroatoms. The molecule has 3 aromatic heterocycles. The first-order chi connectivity index (χ1) is 18.6. The second-order valence-corrected chi connectivity index (χ2v) is 10.9. The van der Waals surface area contributed by atoms with Gasteiger partial charge in [0.05, 0.1) is 36.0 Å². The van der Waals surface area contributed by atoms with E-state index < -0.39 is 5.54 Å². The molecular weight excluding hydrogens is 492 g/mol. The molecule has 0 bridgehead atoms. The minimum Gasteiger partial charge on any atom is -0.496 e. The molecule has 0 aromatic carbocycles. The number of pyridine rings is 1. The third-order valence-electron chi connectivity index (χ3n) is 7.34. The van der Waals surface area contributed by atoms with Gasteiger partial charge >= 0.3 is 5.97 Å². The van der Waals surface area contributed by atoms with Crippen LogP contribution in [-0.2, 0) is 16.1 Å². The number of carbonyl (C=O) groups is 1. The molecule has 3 N–H and O–H groups in total. The molecule has 0 atom stereocenters. The van der Waals surface area contributed by atoms with Crippen LogP contribution in [0.1, 0.15) is 80.5 Å². The Labute approximate surface area is 230 Å². The van der Waals surface area contributed by atoms with Crippen molar-refractivity contribution in [1.29, 1.82) is 0 Å². The molecule has 208 valence electrons. The second kappa shape index (κ2) is 12.0. The zero-order valence-electron chi connectivity index (χ0n) is 24.0. The number of aryl methyl sites for hydroxylation is 2. The first-order valence-corrected chi connectivity index (χ1v) is 13.7. The highest BCUT2D eigenvalue weighted by Crippen LogP contribution is 2.28. The van der Waals surface area contributed by atoms with Crippen LogP contribution in [0.4, 0.5) is 5.95 Å². The van der Waals surface area contributed by atoms with Gasteiger partial charge in [0.15, 0.2) is 0 Å². The molecule has 1 aliphatic carbocycles. The number of nitrogens with two attached hydrogens (primary N) is 1. The topological polar surface area (TPSA) is 117 Å². The summed E-state index contributed by atoms with van der Waals surface area (Å²) in [6.07, 6.45) is 9.60. The lowest BCUT2D eigenvalue weighted by molar-refractivity contribution is -0.155. The lowest BCUT2D eigenvalue weighted by Crippen LogP contribution is -2.49. The maximum atomic E-state index is 12.6. The zero-order valence-corrected chi connectivity index (χ0v) is 24.0. The van der Waals surface area contributed by atoms with E-state index in [-0.39, 0.29) is 18.0 Å². The molecule has 39 heavy (non-hydrogen) atoms. The molecule has 1 saturated carbocycles. The molecule has 0 unspecified atom stereocenters. The van der Waals surface area contributed by atoms with Crippen LogP contribution in [0.3, 0.4) is 0 Å². The van der Waals surface area contributed by atoms with Crippen molar-refractivity contribution >= 4 is 23.0 Å². The number of carbonyl (C=O) groups excluding carboxylic acids is 1. The quantitative estimate of drug-likeness (QED) is 0.237. The Morgan fingerprint density at radius 2 is 1.97 bits per heavy atom. The summed E-state index contributed by atoms with van der Waals surface area (Å²) in [5.41, 5.74) is 10.5. The molecule has 3 aromatic rings. The largest absolute Gasteiger partial charge is 0.496 e. The number of aromatic nitrogens is 4. The number of nitrogens with one attached hydrogen (secondary N) is 1. The smallest absolute Gasteiger partial charge is 0.326 e. The second-order valence-electron chi connectivity index (χ2n) is 10.9. The number of fused-ring (bicyclic) bond motifs is 1. The average molecular weight is 533 g/mol. The van der Waals surface area contributed by atoms with E-state index in [0.29, 0.717) is 19.5 Å².